The van der Waals surface area contributed by atoms with E-state index in [4.69, 9.17) is 5.11 Å². The molecule has 0 saturated carbocycles. The van der Waals surface area contributed by atoms with Crippen LogP contribution in [0.5, 0.6) is 0 Å². The highest BCUT2D eigenvalue weighted by Crippen LogP contribution is 2.15. The number of carboxylic acid groups (broad SMARTS) is 1. The quantitative estimate of drug-likeness (QED) is 0.720. The summed E-state index contributed by atoms with van der Waals surface area (Å²) < 4.78 is 39.8. The smallest absolute Gasteiger partial charge is 0.411 e. The Labute approximate surface area is 114 Å². The van der Waals surface area contributed by atoms with Crippen molar-refractivity contribution in [3.8, 4) is 0 Å². The van der Waals surface area contributed by atoms with Crippen LogP contribution >= 0.6 is 0 Å². The van der Waals surface area contributed by atoms with Gasteiger partial charge in [-0.2, -0.15) is 13.2 Å². The minimum Gasteiger partial charge on any atom is -0.481 e. The van der Waals surface area contributed by atoms with Gasteiger partial charge in [-0.05, 0) is 5.56 Å². The molecule has 1 aromatic rings. The van der Waals surface area contributed by atoms with Crippen LogP contribution in [-0.2, 0) is 9.53 Å². The van der Waals surface area contributed by atoms with Gasteiger partial charge in [0, 0.05) is 13.1 Å². The zero-order chi connectivity index (χ0) is 15.0. The van der Waals surface area contributed by atoms with Crippen molar-refractivity contribution in [2.75, 3.05) is 26.3 Å². The first-order valence-electron chi connectivity index (χ1n) is 6.03. The molecule has 1 atom stereocenters. The zero-order valence-electron chi connectivity index (χ0n) is 10.7. The third kappa shape index (κ3) is 6.53. The lowest BCUT2D eigenvalue weighted by Gasteiger charge is -2.14. The normalized spacial score (nSPS) is 13.2. The standard InChI is InChI=1S/C13H16F3NO3/c14-13(15,16)9-20-7-6-17-8-11(12(18)19)10-4-2-1-3-5-10/h1-5,11,17H,6-9H2,(H,18,19). The Morgan fingerprint density at radius 3 is 2.50 bits per heavy atom. The summed E-state index contributed by atoms with van der Waals surface area (Å²) in [4.78, 5) is 11.1. The minimum atomic E-state index is -4.34. The van der Waals surface area contributed by atoms with Gasteiger partial charge in [-0.15, -0.1) is 0 Å². The van der Waals surface area contributed by atoms with Crippen LogP contribution < -0.4 is 5.32 Å². The van der Waals surface area contributed by atoms with Crippen molar-refractivity contribution < 1.29 is 27.8 Å². The molecule has 0 saturated heterocycles. The third-order valence-corrected chi connectivity index (χ3v) is 2.54. The molecule has 7 heteroatoms. The van der Waals surface area contributed by atoms with Gasteiger partial charge in [0.05, 0.1) is 12.5 Å². The van der Waals surface area contributed by atoms with Crippen molar-refractivity contribution >= 4 is 5.97 Å². The molecule has 0 bridgehead atoms. The van der Waals surface area contributed by atoms with Crippen molar-refractivity contribution in [2.45, 2.75) is 12.1 Å². The van der Waals surface area contributed by atoms with Gasteiger partial charge in [-0.25, -0.2) is 0 Å². The number of ether oxygens (including phenoxy) is 1. The van der Waals surface area contributed by atoms with Crippen LogP contribution in [0.1, 0.15) is 11.5 Å². The highest BCUT2D eigenvalue weighted by atomic mass is 19.4. The number of benzene rings is 1. The molecule has 0 aliphatic heterocycles. The lowest BCUT2D eigenvalue weighted by molar-refractivity contribution is -0.173. The number of alkyl halides is 3. The largest absolute Gasteiger partial charge is 0.481 e. The average molecular weight is 291 g/mol. The Balaban J connectivity index is 2.29. The molecule has 0 spiro atoms. The molecule has 1 aromatic carbocycles. The average Bonchev–Trinajstić information content (AvgIpc) is 2.37. The van der Waals surface area contributed by atoms with Crippen molar-refractivity contribution in [1.29, 1.82) is 0 Å². The van der Waals surface area contributed by atoms with E-state index in [1.807, 2.05) is 0 Å². The summed E-state index contributed by atoms with van der Waals surface area (Å²) in [6.45, 7) is -1.13. The molecule has 2 N–H and O–H groups in total. The SMILES string of the molecule is O=C(O)C(CNCCOCC(F)(F)F)c1ccccc1. The van der Waals surface area contributed by atoms with E-state index in [-0.39, 0.29) is 19.7 Å². The first-order chi connectivity index (χ1) is 9.40. The second-order valence-electron chi connectivity index (χ2n) is 4.17. The lowest BCUT2D eigenvalue weighted by atomic mass is 9.99. The Hall–Kier alpha value is -1.60. The maximum absolute atomic E-state index is 11.8. The first kappa shape index (κ1) is 16.5. The first-order valence-corrected chi connectivity index (χ1v) is 6.03. The number of rotatable bonds is 8. The topological polar surface area (TPSA) is 58.6 Å². The van der Waals surface area contributed by atoms with E-state index in [2.05, 4.69) is 10.1 Å². The van der Waals surface area contributed by atoms with Crippen LogP contribution in [0.4, 0.5) is 13.2 Å². The lowest BCUT2D eigenvalue weighted by Crippen LogP contribution is -2.30. The van der Waals surface area contributed by atoms with Crippen LogP contribution in [0.3, 0.4) is 0 Å². The van der Waals surface area contributed by atoms with Gasteiger partial charge in [0.25, 0.3) is 0 Å². The fraction of sp³-hybridized carbons (Fsp3) is 0.462. The Kier molecular flexibility index (Phi) is 6.47. The monoisotopic (exact) mass is 291 g/mol. The summed E-state index contributed by atoms with van der Waals surface area (Å²) >= 11 is 0. The van der Waals surface area contributed by atoms with Crippen molar-refractivity contribution in [2.24, 2.45) is 0 Å². The van der Waals surface area contributed by atoms with E-state index in [0.717, 1.165) is 0 Å². The number of carboxylic acids is 1. The maximum Gasteiger partial charge on any atom is 0.411 e. The van der Waals surface area contributed by atoms with Gasteiger partial charge in [0.15, 0.2) is 0 Å². The summed E-state index contributed by atoms with van der Waals surface area (Å²) in [5.74, 6) is -1.72. The molecular weight excluding hydrogens is 275 g/mol. The van der Waals surface area contributed by atoms with E-state index in [9.17, 15) is 18.0 Å². The Bertz CT molecular complexity index is 409. The highest BCUT2D eigenvalue weighted by molar-refractivity contribution is 5.76. The molecule has 0 aliphatic rings. The van der Waals surface area contributed by atoms with E-state index in [1.54, 1.807) is 30.3 Å². The zero-order valence-corrected chi connectivity index (χ0v) is 10.7. The van der Waals surface area contributed by atoms with Crippen molar-refractivity contribution in [3.05, 3.63) is 35.9 Å². The van der Waals surface area contributed by atoms with Gasteiger partial charge in [0.1, 0.15) is 6.61 Å². The van der Waals surface area contributed by atoms with Gasteiger partial charge in [-0.1, -0.05) is 30.3 Å². The molecule has 0 heterocycles. The number of nitrogens with one attached hydrogen (secondary N) is 1. The molecular formula is C13H16F3NO3. The van der Waals surface area contributed by atoms with Crippen LogP contribution in [0, 0.1) is 0 Å². The third-order valence-electron chi connectivity index (χ3n) is 2.54. The molecule has 112 valence electrons. The fourth-order valence-corrected chi connectivity index (χ4v) is 1.61. The van der Waals surface area contributed by atoms with Gasteiger partial charge in [-0.3, -0.25) is 4.79 Å². The fourth-order valence-electron chi connectivity index (χ4n) is 1.61. The summed E-state index contributed by atoms with van der Waals surface area (Å²) in [7, 11) is 0. The van der Waals surface area contributed by atoms with Crippen LogP contribution in [0.25, 0.3) is 0 Å². The molecule has 1 unspecified atom stereocenters. The Morgan fingerprint density at radius 2 is 1.95 bits per heavy atom. The van der Waals surface area contributed by atoms with Crippen LogP contribution in [-0.4, -0.2) is 43.6 Å². The number of halogens is 3. The molecule has 20 heavy (non-hydrogen) atoms. The molecule has 0 aliphatic carbocycles. The van der Waals surface area contributed by atoms with Crippen LogP contribution in [0.15, 0.2) is 30.3 Å². The molecule has 0 aromatic heterocycles. The summed E-state index contributed by atoms with van der Waals surface area (Å²) in [6.07, 6.45) is -4.34. The van der Waals surface area contributed by atoms with E-state index in [1.165, 1.54) is 0 Å². The van der Waals surface area contributed by atoms with E-state index >= 15 is 0 Å². The molecule has 1 rings (SSSR count). The maximum atomic E-state index is 11.8. The van der Waals surface area contributed by atoms with Gasteiger partial charge in [0.2, 0.25) is 0 Å². The Morgan fingerprint density at radius 1 is 1.30 bits per heavy atom. The molecule has 0 radical (unpaired) electrons. The van der Waals surface area contributed by atoms with Crippen molar-refractivity contribution in [3.63, 3.8) is 0 Å². The summed E-state index contributed by atoms with van der Waals surface area (Å²) in [5.41, 5.74) is 0.642. The predicted octanol–water partition coefficient (Wildman–Crippen LogP) is 2.02. The number of aliphatic carboxylic acids is 1. The van der Waals surface area contributed by atoms with E-state index in [0.29, 0.717) is 5.56 Å². The molecule has 0 amide bonds. The predicted molar refractivity (Wildman–Crippen MR) is 66.6 cm³/mol. The highest BCUT2D eigenvalue weighted by Gasteiger charge is 2.27. The number of hydrogen-bond donors (Lipinski definition) is 2. The summed E-state index contributed by atoms with van der Waals surface area (Å²) in [5, 5.41) is 11.9. The second kappa shape index (κ2) is 7.86. The van der Waals surface area contributed by atoms with Gasteiger partial charge < -0.3 is 15.2 Å². The molecule has 4 nitrogen and oxygen atoms in total. The number of carbonyl (C=O) groups is 1. The van der Waals surface area contributed by atoms with Crippen molar-refractivity contribution in [1.82, 2.24) is 5.32 Å². The van der Waals surface area contributed by atoms with Crippen LogP contribution in [0.2, 0.25) is 0 Å². The molecule has 0 fully saturated rings. The second-order valence-corrected chi connectivity index (χ2v) is 4.17. The van der Waals surface area contributed by atoms with Gasteiger partial charge >= 0.3 is 12.1 Å². The minimum absolute atomic E-state index is 0.124. The number of hydrogen-bond acceptors (Lipinski definition) is 3. The summed E-state index contributed by atoms with van der Waals surface area (Å²) in [6, 6.07) is 8.64. The van der Waals surface area contributed by atoms with E-state index < -0.39 is 24.7 Å².